The number of para-hydroxylation sites is 3. The van der Waals surface area contributed by atoms with Crippen molar-refractivity contribution in [3.8, 4) is 22.5 Å². The van der Waals surface area contributed by atoms with E-state index in [2.05, 4.69) is 241 Å². The maximum absolute atomic E-state index is 4.27. The second-order valence-corrected chi connectivity index (χ2v) is 19.2. The van der Waals surface area contributed by atoms with Gasteiger partial charge in [-0.05, 0) is 117 Å². The van der Waals surface area contributed by atoms with Gasteiger partial charge in [-0.15, -0.1) is 0 Å². The number of anilines is 1. The standard InChI is InChI=1S/C64H43N3S/c1-4-40(46-25-14-18-41-17-8-9-22-47(41)46)37-59-39(2)65(3)57-34-32-43(38-60(57)68-59)42-31-33-56-53(35-42)48-23-10-12-29-54(48)67(56)58-36-44-19-15-28-52-61(44)62-50(58)26-16-27-51(62)63-49-24-11-13-30-55(49)66(64(52)63)45-20-6-5-7-21-45/h4-38H,1H2,2-3H3/b40-37+. The number of rotatable bonds is 6. The van der Waals surface area contributed by atoms with E-state index >= 15 is 0 Å². The lowest BCUT2D eigenvalue weighted by Gasteiger charge is -2.30. The van der Waals surface area contributed by atoms with Gasteiger partial charge < -0.3 is 14.0 Å². The first kappa shape index (κ1) is 38.9. The zero-order chi connectivity index (χ0) is 45.2. The van der Waals surface area contributed by atoms with E-state index in [1.807, 2.05) is 17.8 Å². The van der Waals surface area contributed by atoms with Gasteiger partial charge in [-0.2, -0.15) is 0 Å². The van der Waals surface area contributed by atoms with Crippen molar-refractivity contribution in [2.45, 2.75) is 11.8 Å². The van der Waals surface area contributed by atoms with E-state index in [0.29, 0.717) is 0 Å². The van der Waals surface area contributed by atoms with Gasteiger partial charge in [-0.1, -0.05) is 170 Å². The Morgan fingerprint density at radius 3 is 1.96 bits per heavy atom. The average molecular weight is 886 g/mol. The molecule has 0 spiro atoms. The highest BCUT2D eigenvalue weighted by Crippen LogP contribution is 2.49. The molecule has 2 aromatic heterocycles. The smallest absolute Gasteiger partial charge is 0.0626 e. The molecule has 0 bridgehead atoms. The van der Waals surface area contributed by atoms with Crippen molar-refractivity contribution in [3.05, 3.63) is 235 Å². The molecular formula is C64H43N3S. The topological polar surface area (TPSA) is 13.1 Å². The van der Waals surface area contributed by atoms with Crippen LogP contribution in [0.15, 0.2) is 234 Å². The first-order chi connectivity index (χ1) is 33.5. The molecule has 0 atom stereocenters. The molecular weight excluding hydrogens is 843 g/mol. The maximum Gasteiger partial charge on any atom is 0.0626 e. The Bertz CT molecular complexity index is 4330. The van der Waals surface area contributed by atoms with Crippen molar-refractivity contribution in [3.63, 3.8) is 0 Å². The van der Waals surface area contributed by atoms with Crippen LogP contribution in [-0.2, 0) is 0 Å². The lowest BCUT2D eigenvalue weighted by Crippen LogP contribution is -2.19. The molecule has 0 radical (unpaired) electrons. The molecule has 11 aromatic carbocycles. The zero-order valence-electron chi connectivity index (χ0n) is 37.7. The molecule has 1 aliphatic rings. The fraction of sp³-hybridized carbons (Fsp3) is 0.0312. The van der Waals surface area contributed by atoms with Crippen LogP contribution in [0, 0.1) is 0 Å². The van der Waals surface area contributed by atoms with Crippen molar-refractivity contribution in [1.29, 1.82) is 0 Å². The lowest BCUT2D eigenvalue weighted by molar-refractivity contribution is 1.05. The molecule has 3 heterocycles. The summed E-state index contributed by atoms with van der Waals surface area (Å²) >= 11 is 1.84. The summed E-state index contributed by atoms with van der Waals surface area (Å²) in [6.45, 7) is 6.49. The minimum atomic E-state index is 1.12. The van der Waals surface area contributed by atoms with Gasteiger partial charge in [0.1, 0.15) is 0 Å². The number of hydrogen-bond acceptors (Lipinski definition) is 2. The molecule has 1 aliphatic heterocycles. The van der Waals surface area contributed by atoms with Crippen molar-refractivity contribution in [2.75, 3.05) is 11.9 Å². The minimum Gasteiger partial charge on any atom is -0.346 e. The molecule has 3 nitrogen and oxygen atoms in total. The number of aromatic nitrogens is 2. The molecule has 320 valence electrons. The summed E-state index contributed by atoms with van der Waals surface area (Å²) < 4.78 is 4.98. The van der Waals surface area contributed by atoms with Crippen molar-refractivity contribution in [1.82, 2.24) is 9.13 Å². The van der Waals surface area contributed by atoms with Crippen molar-refractivity contribution >= 4 is 110 Å². The third-order valence-electron chi connectivity index (χ3n) is 14.6. The van der Waals surface area contributed by atoms with Crippen LogP contribution in [0.25, 0.3) is 115 Å². The molecule has 0 aliphatic carbocycles. The van der Waals surface area contributed by atoms with Crippen LogP contribution in [0.1, 0.15) is 12.5 Å². The van der Waals surface area contributed by atoms with Crippen LogP contribution in [0.3, 0.4) is 0 Å². The SMILES string of the molecule is C=C/C(=C\C1=C(C)N(C)c2ccc(-c3ccc4c(c3)c3ccccc3n4-c3cc4cccc5c4c4c3cccc4c3c4ccccc4n(-c4ccccc4)c53)cc2S1)c1cccc2ccccc12. The first-order valence-corrected chi connectivity index (χ1v) is 24.2. The highest BCUT2D eigenvalue weighted by Gasteiger charge is 2.25. The van der Waals surface area contributed by atoms with Crippen LogP contribution < -0.4 is 4.90 Å². The quantitative estimate of drug-likeness (QED) is 0.122. The number of allylic oxidation sites excluding steroid dienone is 4. The number of benzene rings is 11. The molecule has 68 heavy (non-hydrogen) atoms. The molecule has 14 rings (SSSR count). The summed E-state index contributed by atoms with van der Waals surface area (Å²) in [5.41, 5.74) is 14.4. The zero-order valence-corrected chi connectivity index (χ0v) is 38.5. The molecule has 0 fully saturated rings. The molecule has 0 saturated carbocycles. The maximum atomic E-state index is 4.27. The van der Waals surface area contributed by atoms with Gasteiger partial charge in [-0.3, -0.25) is 0 Å². The Morgan fingerprint density at radius 2 is 1.10 bits per heavy atom. The highest BCUT2D eigenvalue weighted by atomic mass is 32.2. The van der Waals surface area contributed by atoms with Gasteiger partial charge in [0.2, 0.25) is 0 Å². The third kappa shape index (κ3) is 5.55. The number of fused-ring (bicyclic) bond motifs is 10. The predicted octanol–water partition coefficient (Wildman–Crippen LogP) is 17.6. The Morgan fingerprint density at radius 1 is 0.471 bits per heavy atom. The summed E-state index contributed by atoms with van der Waals surface area (Å²) in [5.74, 6) is 0. The Hall–Kier alpha value is -8.31. The molecule has 4 heteroatoms. The number of nitrogens with zero attached hydrogens (tertiary/aromatic N) is 3. The molecule has 0 N–H and O–H groups in total. The summed E-state index contributed by atoms with van der Waals surface area (Å²) in [5, 5.41) is 15.2. The van der Waals surface area contributed by atoms with Crippen molar-refractivity contribution < 1.29 is 0 Å². The second-order valence-electron chi connectivity index (χ2n) is 18.1. The van der Waals surface area contributed by atoms with Crippen LogP contribution >= 0.6 is 11.8 Å². The first-order valence-electron chi connectivity index (χ1n) is 23.3. The van der Waals surface area contributed by atoms with E-state index in [-0.39, 0.29) is 0 Å². The number of hydrogen-bond donors (Lipinski definition) is 0. The van der Waals surface area contributed by atoms with E-state index in [1.165, 1.54) is 136 Å². The van der Waals surface area contributed by atoms with Crippen LogP contribution in [0.4, 0.5) is 5.69 Å². The van der Waals surface area contributed by atoms with E-state index in [9.17, 15) is 0 Å². The van der Waals surface area contributed by atoms with Gasteiger partial charge in [0.15, 0.2) is 0 Å². The highest BCUT2D eigenvalue weighted by molar-refractivity contribution is 8.03. The van der Waals surface area contributed by atoms with Crippen molar-refractivity contribution in [2.24, 2.45) is 0 Å². The Kier molecular flexibility index (Phi) is 8.50. The van der Waals surface area contributed by atoms with Crippen LogP contribution in [0.5, 0.6) is 0 Å². The molecule has 0 amide bonds. The minimum absolute atomic E-state index is 1.12. The Balaban J connectivity index is 0.929. The molecule has 13 aromatic rings. The number of thioether (sulfide) groups is 1. The van der Waals surface area contributed by atoms with E-state index in [0.717, 1.165) is 5.57 Å². The Labute approximate surface area is 398 Å². The predicted molar refractivity (Wildman–Crippen MR) is 293 cm³/mol. The van der Waals surface area contributed by atoms with E-state index in [4.69, 9.17) is 0 Å². The van der Waals surface area contributed by atoms with E-state index < -0.39 is 0 Å². The van der Waals surface area contributed by atoms with Gasteiger partial charge in [0.25, 0.3) is 0 Å². The fourth-order valence-electron chi connectivity index (χ4n) is 11.4. The third-order valence-corrected chi connectivity index (χ3v) is 15.8. The van der Waals surface area contributed by atoms with Gasteiger partial charge in [0, 0.05) is 65.9 Å². The second kappa shape index (κ2) is 14.8. The van der Waals surface area contributed by atoms with Gasteiger partial charge in [-0.25, -0.2) is 0 Å². The summed E-state index contributed by atoms with van der Waals surface area (Å²) in [6, 6.07) is 74.0. The molecule has 0 saturated heterocycles. The van der Waals surface area contributed by atoms with Gasteiger partial charge in [0.05, 0.1) is 33.4 Å². The molecule has 0 unspecified atom stereocenters. The summed E-state index contributed by atoms with van der Waals surface area (Å²) in [7, 11) is 2.18. The van der Waals surface area contributed by atoms with Crippen LogP contribution in [0.2, 0.25) is 0 Å². The van der Waals surface area contributed by atoms with Gasteiger partial charge >= 0.3 is 0 Å². The fourth-order valence-corrected chi connectivity index (χ4v) is 12.6. The average Bonchev–Trinajstić information content (AvgIpc) is 3.92. The lowest BCUT2D eigenvalue weighted by atomic mass is 9.90. The summed E-state index contributed by atoms with van der Waals surface area (Å²) in [4.78, 5) is 4.78. The normalized spacial score (nSPS) is 13.4. The summed E-state index contributed by atoms with van der Waals surface area (Å²) in [6.07, 6.45) is 4.31. The van der Waals surface area contributed by atoms with E-state index in [1.54, 1.807) is 0 Å². The largest absolute Gasteiger partial charge is 0.346 e. The van der Waals surface area contributed by atoms with Crippen LogP contribution in [-0.4, -0.2) is 16.2 Å². The monoisotopic (exact) mass is 885 g/mol.